The summed E-state index contributed by atoms with van der Waals surface area (Å²) in [5, 5.41) is 2.32. The smallest absolute Gasteiger partial charge is 0.0160 e. The Morgan fingerprint density at radius 1 is 0.583 bits per heavy atom. The van der Waals surface area contributed by atoms with Crippen LogP contribution in [-0.2, 0) is 0 Å². The van der Waals surface area contributed by atoms with Crippen molar-refractivity contribution >= 4 is 31.9 Å². The molecule has 0 unspecified atom stereocenters. The largest absolute Gasteiger partial charge is 0.299 e. The maximum absolute atomic E-state index is 3.61. The van der Waals surface area contributed by atoms with E-state index >= 15 is 0 Å². The molecule has 0 N–H and O–H groups in total. The standard InChI is InChI=1S/2C7H13N.C6H12Br2/c2*1-4-6-8(3)7-5-2;7-5-3-1-2-4-6-8/h2*4-5H,1-2,6-7H2,3H3;1-6H2. The van der Waals surface area contributed by atoms with Crippen molar-refractivity contribution < 1.29 is 0 Å². The molecule has 0 amide bonds. The van der Waals surface area contributed by atoms with Gasteiger partial charge >= 0.3 is 0 Å². The molecule has 0 rings (SSSR count). The van der Waals surface area contributed by atoms with Crippen molar-refractivity contribution in [3.63, 3.8) is 0 Å². The lowest BCUT2D eigenvalue weighted by Gasteiger charge is -2.09. The van der Waals surface area contributed by atoms with Crippen molar-refractivity contribution in [3.8, 4) is 0 Å². The highest BCUT2D eigenvalue weighted by Gasteiger charge is 1.87. The van der Waals surface area contributed by atoms with E-state index in [1.165, 1.54) is 25.7 Å². The van der Waals surface area contributed by atoms with Gasteiger partial charge in [-0.1, -0.05) is 69.0 Å². The second-order valence-corrected chi connectivity index (χ2v) is 6.98. The Bertz CT molecular complexity index is 233. The van der Waals surface area contributed by atoms with E-state index in [4.69, 9.17) is 0 Å². The second-order valence-electron chi connectivity index (χ2n) is 5.39. The van der Waals surface area contributed by atoms with Crippen LogP contribution in [-0.4, -0.2) is 60.7 Å². The minimum Gasteiger partial charge on any atom is -0.299 e. The third-order valence-corrected chi connectivity index (χ3v) is 3.90. The zero-order valence-corrected chi connectivity index (χ0v) is 19.0. The van der Waals surface area contributed by atoms with E-state index in [2.05, 4.69) is 68.0 Å². The Hall–Kier alpha value is -0.160. The first-order chi connectivity index (χ1) is 11.5. The van der Waals surface area contributed by atoms with E-state index in [1.54, 1.807) is 0 Å². The third kappa shape index (κ3) is 33.4. The fraction of sp³-hybridized carbons (Fsp3) is 0.600. The summed E-state index contributed by atoms with van der Waals surface area (Å²) in [5.41, 5.74) is 0. The molecule has 24 heavy (non-hydrogen) atoms. The molecular weight excluding hydrogens is 428 g/mol. The minimum atomic E-state index is 0.937. The Morgan fingerprint density at radius 3 is 1.00 bits per heavy atom. The van der Waals surface area contributed by atoms with Crippen LogP contribution in [0.1, 0.15) is 25.7 Å². The van der Waals surface area contributed by atoms with Crippen molar-refractivity contribution in [1.29, 1.82) is 0 Å². The maximum Gasteiger partial charge on any atom is 0.0160 e. The van der Waals surface area contributed by atoms with Crippen LogP contribution in [0.25, 0.3) is 0 Å². The number of rotatable bonds is 13. The predicted molar refractivity (Wildman–Crippen MR) is 122 cm³/mol. The van der Waals surface area contributed by atoms with Gasteiger partial charge < -0.3 is 0 Å². The Balaban J connectivity index is -0.000000276. The Kier molecular flexibility index (Phi) is 33.0. The van der Waals surface area contributed by atoms with Crippen LogP contribution in [0, 0.1) is 0 Å². The summed E-state index contributed by atoms with van der Waals surface area (Å²) in [6.45, 7) is 18.2. The first kappa shape index (κ1) is 28.6. The summed E-state index contributed by atoms with van der Waals surface area (Å²) in [6, 6.07) is 0. The first-order valence-corrected chi connectivity index (χ1v) is 10.7. The van der Waals surface area contributed by atoms with Gasteiger partial charge in [0.2, 0.25) is 0 Å². The van der Waals surface area contributed by atoms with Crippen LogP contribution in [0.5, 0.6) is 0 Å². The molecule has 0 atom stereocenters. The lowest BCUT2D eigenvalue weighted by molar-refractivity contribution is 0.413. The van der Waals surface area contributed by atoms with E-state index in [-0.39, 0.29) is 0 Å². The molecule has 0 aromatic carbocycles. The molecule has 0 aliphatic heterocycles. The molecule has 0 bridgehead atoms. The van der Waals surface area contributed by atoms with Crippen LogP contribution < -0.4 is 0 Å². The Labute approximate surface area is 168 Å². The number of halogens is 2. The first-order valence-electron chi connectivity index (χ1n) is 8.46. The fourth-order valence-electron chi connectivity index (χ4n) is 1.57. The van der Waals surface area contributed by atoms with Crippen LogP contribution in [0.3, 0.4) is 0 Å². The highest BCUT2D eigenvalue weighted by molar-refractivity contribution is 9.09. The molecular formula is C20H38Br2N2. The van der Waals surface area contributed by atoms with E-state index in [0.717, 1.165) is 36.8 Å². The predicted octanol–water partition coefficient (Wildman–Crippen LogP) is 5.92. The van der Waals surface area contributed by atoms with E-state index in [0.29, 0.717) is 0 Å². The molecule has 0 saturated carbocycles. The second kappa shape index (κ2) is 27.7. The molecule has 0 aliphatic carbocycles. The van der Waals surface area contributed by atoms with E-state index in [9.17, 15) is 0 Å². The van der Waals surface area contributed by atoms with Gasteiger partial charge in [-0.3, -0.25) is 9.80 Å². The highest BCUT2D eigenvalue weighted by Crippen LogP contribution is 2.02. The van der Waals surface area contributed by atoms with Crippen LogP contribution in [0.15, 0.2) is 50.6 Å². The third-order valence-electron chi connectivity index (χ3n) is 2.78. The number of alkyl halides is 2. The van der Waals surface area contributed by atoms with Gasteiger partial charge in [-0.15, -0.1) is 26.3 Å². The van der Waals surface area contributed by atoms with Gasteiger partial charge in [0.15, 0.2) is 0 Å². The normalized spacial score (nSPS) is 9.42. The van der Waals surface area contributed by atoms with Crippen LogP contribution in [0.4, 0.5) is 0 Å². The molecule has 0 aromatic heterocycles. The molecule has 4 heteroatoms. The van der Waals surface area contributed by atoms with E-state index in [1.807, 2.05) is 38.4 Å². The van der Waals surface area contributed by atoms with Gasteiger partial charge in [-0.25, -0.2) is 0 Å². The van der Waals surface area contributed by atoms with Crippen molar-refractivity contribution in [3.05, 3.63) is 50.6 Å². The topological polar surface area (TPSA) is 6.48 Å². The molecule has 142 valence electrons. The van der Waals surface area contributed by atoms with Gasteiger partial charge in [0.05, 0.1) is 0 Å². The lowest BCUT2D eigenvalue weighted by Crippen LogP contribution is -2.17. The summed E-state index contributed by atoms with van der Waals surface area (Å²) in [6.07, 6.45) is 12.9. The van der Waals surface area contributed by atoms with Crippen molar-refractivity contribution in [2.75, 3.05) is 50.9 Å². The molecule has 0 fully saturated rings. The molecule has 0 aliphatic rings. The van der Waals surface area contributed by atoms with Gasteiger partial charge in [0.25, 0.3) is 0 Å². The molecule has 0 heterocycles. The molecule has 2 nitrogen and oxygen atoms in total. The average Bonchev–Trinajstić information content (AvgIpc) is 2.54. The Morgan fingerprint density at radius 2 is 0.833 bits per heavy atom. The molecule has 0 aromatic rings. The summed E-state index contributed by atoms with van der Waals surface area (Å²) in [7, 11) is 4.06. The zero-order valence-electron chi connectivity index (χ0n) is 15.9. The monoisotopic (exact) mass is 464 g/mol. The van der Waals surface area contributed by atoms with Crippen molar-refractivity contribution in [1.82, 2.24) is 9.80 Å². The van der Waals surface area contributed by atoms with Gasteiger partial charge in [0, 0.05) is 36.8 Å². The number of nitrogens with zero attached hydrogens (tertiary/aromatic N) is 2. The number of hydrogen-bond acceptors (Lipinski definition) is 2. The summed E-state index contributed by atoms with van der Waals surface area (Å²) >= 11 is 6.78. The highest BCUT2D eigenvalue weighted by atomic mass is 79.9. The lowest BCUT2D eigenvalue weighted by atomic mass is 10.2. The SMILES string of the molecule is BrCCCCCCBr.C=CCN(C)CC=C.C=CCN(C)CC=C. The van der Waals surface area contributed by atoms with Crippen LogP contribution >= 0.6 is 31.9 Å². The summed E-state index contributed by atoms with van der Waals surface area (Å²) in [4.78, 5) is 4.25. The zero-order chi connectivity index (χ0) is 19.1. The van der Waals surface area contributed by atoms with Gasteiger partial charge in [-0.2, -0.15) is 0 Å². The van der Waals surface area contributed by atoms with Gasteiger partial charge in [0.1, 0.15) is 0 Å². The van der Waals surface area contributed by atoms with Crippen LogP contribution in [0.2, 0.25) is 0 Å². The number of likely N-dealkylation sites (N-methyl/N-ethyl adjacent to an activating group) is 2. The quantitative estimate of drug-likeness (QED) is 0.189. The minimum absolute atomic E-state index is 0.937. The van der Waals surface area contributed by atoms with E-state index < -0.39 is 0 Å². The summed E-state index contributed by atoms with van der Waals surface area (Å²) in [5.74, 6) is 0. The van der Waals surface area contributed by atoms with Crippen molar-refractivity contribution in [2.24, 2.45) is 0 Å². The molecule has 0 saturated heterocycles. The summed E-state index contributed by atoms with van der Waals surface area (Å²) < 4.78 is 0. The molecule has 0 spiro atoms. The molecule has 0 radical (unpaired) electrons. The van der Waals surface area contributed by atoms with Gasteiger partial charge in [-0.05, 0) is 26.9 Å². The van der Waals surface area contributed by atoms with Crippen molar-refractivity contribution in [2.45, 2.75) is 25.7 Å². The average molecular weight is 466 g/mol. The fourth-order valence-corrected chi connectivity index (χ4v) is 2.37. The number of unbranched alkanes of at least 4 members (excludes halogenated alkanes) is 3. The number of hydrogen-bond donors (Lipinski definition) is 0. The maximum atomic E-state index is 3.61.